The number of hydrogen-bond donors (Lipinski definition) is 2. The average Bonchev–Trinajstić information content (AvgIpc) is 2.72. The normalized spacial score (nSPS) is 40.4. The molecule has 1 unspecified atom stereocenters. The Balaban J connectivity index is 1.68. The van der Waals surface area contributed by atoms with Gasteiger partial charge >= 0.3 is 5.97 Å². The number of aliphatic hydroxyl groups excluding tert-OH is 2. The summed E-state index contributed by atoms with van der Waals surface area (Å²) in [4.78, 5) is 11.2. The molecule has 1 heterocycles. The number of ether oxygens (including phenoxy) is 3. The smallest absolute Gasteiger partial charge is 0.303 e. The number of hydrogen-bond acceptors (Lipinski definition) is 6. The molecule has 3 fully saturated rings. The molecular formula is C27H44O6. The summed E-state index contributed by atoms with van der Waals surface area (Å²) in [5, 5.41) is 20.9. The van der Waals surface area contributed by atoms with Gasteiger partial charge in [-0.15, -0.1) is 6.58 Å². The van der Waals surface area contributed by atoms with Gasteiger partial charge in [0.05, 0.1) is 12.2 Å². The summed E-state index contributed by atoms with van der Waals surface area (Å²) in [5.41, 5.74) is 1.17. The van der Waals surface area contributed by atoms with E-state index in [1.54, 1.807) is 6.08 Å². The molecule has 0 radical (unpaired) electrons. The lowest BCUT2D eigenvalue weighted by atomic mass is 9.47. The Hall–Kier alpha value is -1.21. The monoisotopic (exact) mass is 464 g/mol. The predicted molar refractivity (Wildman–Crippen MR) is 127 cm³/mol. The van der Waals surface area contributed by atoms with Gasteiger partial charge in [0.15, 0.2) is 12.4 Å². The number of carbonyl (C=O) groups excluding carboxylic acids is 1. The molecule has 0 aromatic carbocycles. The van der Waals surface area contributed by atoms with Crippen molar-refractivity contribution >= 4 is 5.97 Å². The Bertz CT molecular complexity index is 747. The van der Waals surface area contributed by atoms with Crippen molar-refractivity contribution in [3.05, 3.63) is 24.8 Å². The van der Waals surface area contributed by atoms with Crippen LogP contribution in [0, 0.1) is 22.7 Å². The molecule has 1 aliphatic heterocycles. The van der Waals surface area contributed by atoms with Crippen LogP contribution in [0.2, 0.25) is 0 Å². The standard InChI is InChI=1S/C27H44O6/c1-8-26(6,33-24-23(30)22(29)20(16-31-24)32-18(3)28)15-12-19-17(2)10-11-21-25(4,5)13-9-14-27(19,21)7/h8,19-24,29-30H,1-2,9-16H2,3-7H3/t19-,20+,21?,22+,23-,24+,26-,27+/m1/s1. The van der Waals surface area contributed by atoms with Crippen LogP contribution in [0.5, 0.6) is 0 Å². The Morgan fingerprint density at radius 1 is 1.27 bits per heavy atom. The van der Waals surface area contributed by atoms with Gasteiger partial charge < -0.3 is 24.4 Å². The van der Waals surface area contributed by atoms with Crippen LogP contribution in [0.1, 0.15) is 79.6 Å². The Labute approximate surface area is 199 Å². The predicted octanol–water partition coefficient (Wildman–Crippen LogP) is 4.54. The number of esters is 1. The number of rotatable bonds is 7. The van der Waals surface area contributed by atoms with Crippen molar-refractivity contribution < 1.29 is 29.2 Å². The maximum Gasteiger partial charge on any atom is 0.303 e. The number of allylic oxidation sites excluding steroid dienone is 1. The van der Waals surface area contributed by atoms with E-state index in [0.29, 0.717) is 23.7 Å². The third kappa shape index (κ3) is 5.39. The minimum absolute atomic E-state index is 0.0377. The average molecular weight is 465 g/mol. The second-order valence-electron chi connectivity index (χ2n) is 11.7. The van der Waals surface area contributed by atoms with Gasteiger partial charge in [0, 0.05) is 6.92 Å². The topological polar surface area (TPSA) is 85.2 Å². The second-order valence-corrected chi connectivity index (χ2v) is 11.7. The fourth-order valence-corrected chi connectivity index (χ4v) is 6.90. The van der Waals surface area contributed by atoms with Crippen LogP contribution in [0.25, 0.3) is 0 Å². The molecule has 0 amide bonds. The van der Waals surface area contributed by atoms with Crippen molar-refractivity contribution in [2.45, 2.75) is 110 Å². The largest absolute Gasteiger partial charge is 0.457 e. The zero-order valence-electron chi connectivity index (χ0n) is 21.1. The van der Waals surface area contributed by atoms with Crippen LogP contribution < -0.4 is 0 Å². The van der Waals surface area contributed by atoms with Crippen molar-refractivity contribution in [1.82, 2.24) is 0 Å². The maximum absolute atomic E-state index is 11.2. The summed E-state index contributed by atoms with van der Waals surface area (Å²) in [6.45, 7) is 18.9. The molecule has 3 rings (SSSR count). The third-order valence-electron chi connectivity index (χ3n) is 8.82. The fourth-order valence-electron chi connectivity index (χ4n) is 6.90. The summed E-state index contributed by atoms with van der Waals surface area (Å²) in [6.07, 6.45) is 4.91. The van der Waals surface area contributed by atoms with Gasteiger partial charge in [-0.3, -0.25) is 4.79 Å². The highest BCUT2D eigenvalue weighted by Gasteiger charge is 2.53. The Morgan fingerprint density at radius 2 is 1.97 bits per heavy atom. The van der Waals surface area contributed by atoms with E-state index in [0.717, 1.165) is 12.8 Å². The molecule has 0 bridgehead atoms. The molecule has 6 nitrogen and oxygen atoms in total. The van der Waals surface area contributed by atoms with E-state index in [-0.39, 0.29) is 12.0 Å². The molecule has 1 saturated heterocycles. The molecule has 6 heteroatoms. The number of aliphatic hydroxyl groups is 2. The van der Waals surface area contributed by atoms with Gasteiger partial charge in [0.1, 0.15) is 12.2 Å². The first kappa shape index (κ1) is 26.4. The number of fused-ring (bicyclic) bond motifs is 1. The first-order valence-electron chi connectivity index (χ1n) is 12.5. The highest BCUT2D eigenvalue weighted by atomic mass is 16.7. The summed E-state index contributed by atoms with van der Waals surface area (Å²) < 4.78 is 16.9. The minimum Gasteiger partial charge on any atom is -0.457 e. The van der Waals surface area contributed by atoms with Gasteiger partial charge in [-0.25, -0.2) is 0 Å². The molecule has 0 spiro atoms. The second kappa shape index (κ2) is 9.80. The molecule has 0 aromatic rings. The molecular weight excluding hydrogens is 420 g/mol. The molecule has 2 saturated carbocycles. The van der Waals surface area contributed by atoms with Crippen molar-refractivity contribution in [3.63, 3.8) is 0 Å². The van der Waals surface area contributed by atoms with Gasteiger partial charge in [0.25, 0.3) is 0 Å². The first-order chi connectivity index (χ1) is 15.3. The van der Waals surface area contributed by atoms with E-state index in [1.807, 2.05) is 6.92 Å². The lowest BCUT2D eigenvalue weighted by molar-refractivity contribution is -0.295. The summed E-state index contributed by atoms with van der Waals surface area (Å²) >= 11 is 0. The first-order valence-corrected chi connectivity index (χ1v) is 12.5. The zero-order chi connectivity index (χ0) is 24.6. The molecule has 0 aromatic heterocycles. The third-order valence-corrected chi connectivity index (χ3v) is 8.82. The van der Waals surface area contributed by atoms with Gasteiger partial charge in [-0.05, 0) is 68.1 Å². The van der Waals surface area contributed by atoms with Crippen molar-refractivity contribution in [2.24, 2.45) is 22.7 Å². The van der Waals surface area contributed by atoms with Gasteiger partial charge in [0.2, 0.25) is 0 Å². The van der Waals surface area contributed by atoms with E-state index >= 15 is 0 Å². The summed E-state index contributed by atoms with van der Waals surface area (Å²) in [5.74, 6) is 0.562. The maximum atomic E-state index is 11.2. The Morgan fingerprint density at radius 3 is 2.61 bits per heavy atom. The molecule has 2 aliphatic carbocycles. The van der Waals surface area contributed by atoms with Crippen LogP contribution in [0.15, 0.2) is 24.8 Å². The molecule has 8 atom stereocenters. The van der Waals surface area contributed by atoms with E-state index in [9.17, 15) is 15.0 Å². The SMILES string of the molecule is C=C[C@](C)(CC[C@@H]1C(=C)CCC2C(C)(C)CCC[C@]21C)O[C@@H]1OC[C@H](OC(C)=O)[C@H](O)[C@H]1O. The van der Waals surface area contributed by atoms with Crippen molar-refractivity contribution in [2.75, 3.05) is 6.61 Å². The highest BCUT2D eigenvalue weighted by Crippen LogP contribution is 2.62. The van der Waals surface area contributed by atoms with Crippen LogP contribution in [-0.2, 0) is 19.0 Å². The Kier molecular flexibility index (Phi) is 7.84. The quantitative estimate of drug-likeness (QED) is 0.425. The fraction of sp³-hybridized carbons (Fsp3) is 0.815. The van der Waals surface area contributed by atoms with E-state index in [2.05, 4.69) is 33.9 Å². The summed E-state index contributed by atoms with van der Waals surface area (Å²) in [7, 11) is 0. The van der Waals surface area contributed by atoms with Crippen molar-refractivity contribution in [1.29, 1.82) is 0 Å². The zero-order valence-corrected chi connectivity index (χ0v) is 21.1. The van der Waals surface area contributed by atoms with Gasteiger partial charge in [-0.1, -0.05) is 45.4 Å². The van der Waals surface area contributed by atoms with Crippen molar-refractivity contribution in [3.8, 4) is 0 Å². The minimum atomic E-state index is -1.33. The van der Waals surface area contributed by atoms with E-state index < -0.39 is 36.2 Å². The van der Waals surface area contributed by atoms with E-state index in [1.165, 1.54) is 38.2 Å². The lowest BCUT2D eigenvalue weighted by Crippen LogP contribution is -2.56. The molecule has 2 N–H and O–H groups in total. The molecule has 188 valence electrons. The van der Waals surface area contributed by atoms with Crippen LogP contribution in [-0.4, -0.2) is 53.0 Å². The van der Waals surface area contributed by atoms with E-state index in [4.69, 9.17) is 14.2 Å². The molecule has 33 heavy (non-hydrogen) atoms. The van der Waals surface area contributed by atoms with Gasteiger partial charge in [-0.2, -0.15) is 0 Å². The highest BCUT2D eigenvalue weighted by molar-refractivity contribution is 5.66. The number of carbonyl (C=O) groups is 1. The molecule has 3 aliphatic rings. The lowest BCUT2D eigenvalue weighted by Gasteiger charge is -2.58. The van der Waals surface area contributed by atoms with Crippen LogP contribution in [0.3, 0.4) is 0 Å². The summed E-state index contributed by atoms with van der Waals surface area (Å²) in [6, 6.07) is 0. The van der Waals surface area contributed by atoms with Crippen LogP contribution >= 0.6 is 0 Å². The van der Waals surface area contributed by atoms with Crippen LogP contribution in [0.4, 0.5) is 0 Å².